The number of Topliss-reactive ketones (excluding diaryl/α,β-unsaturated/α-hetero) is 1. The molecule has 1 aliphatic heterocycles. The summed E-state index contributed by atoms with van der Waals surface area (Å²) in [6.07, 6.45) is 11.4. The molecule has 3 fully saturated rings. The van der Waals surface area contributed by atoms with Crippen molar-refractivity contribution in [3.63, 3.8) is 0 Å². The number of epoxide rings is 1. The molecule has 4 aliphatic carbocycles. The van der Waals surface area contributed by atoms with Gasteiger partial charge in [-0.05, 0) is 62.2 Å². The summed E-state index contributed by atoms with van der Waals surface area (Å²) in [4.78, 5) is 24.1. The highest BCUT2D eigenvalue weighted by molar-refractivity contribution is 6.01. The summed E-state index contributed by atoms with van der Waals surface area (Å²) in [6, 6.07) is 0. The standard InChI is InChI=1S/C21H24O4/c1-19-10-18-21(25-18)15(14(19)5-6-16(19)17(24)11-22)4-3-12-9-13(23)7-8-20(12,21)2/h6-9,14-15,18,22H,3-5,10-11H2,1-2H3/t14-,15-,18?,19-,20-,21-/m0/s1. The van der Waals surface area contributed by atoms with E-state index < -0.39 is 6.61 Å². The Bertz CT molecular complexity index is 790. The van der Waals surface area contributed by atoms with Crippen LogP contribution in [0.15, 0.2) is 35.5 Å². The fourth-order valence-corrected chi connectivity index (χ4v) is 6.74. The van der Waals surface area contributed by atoms with Crippen molar-refractivity contribution in [2.75, 3.05) is 6.61 Å². The van der Waals surface area contributed by atoms with E-state index in [1.54, 1.807) is 6.08 Å². The third-order valence-electron chi connectivity index (χ3n) is 7.96. The molecule has 0 aromatic heterocycles. The molecule has 1 saturated heterocycles. The predicted octanol–water partition coefficient (Wildman–Crippen LogP) is 2.52. The fourth-order valence-electron chi connectivity index (χ4n) is 6.74. The Kier molecular flexibility index (Phi) is 2.89. The third kappa shape index (κ3) is 1.65. The van der Waals surface area contributed by atoms with Gasteiger partial charge in [-0.3, -0.25) is 9.59 Å². The minimum absolute atomic E-state index is 0.0820. The zero-order chi connectivity index (χ0) is 17.6. The van der Waals surface area contributed by atoms with Gasteiger partial charge in [0, 0.05) is 10.8 Å². The molecule has 132 valence electrons. The number of hydrogen-bond donors (Lipinski definition) is 1. The van der Waals surface area contributed by atoms with Crippen molar-refractivity contribution in [1.29, 1.82) is 0 Å². The second-order valence-electron chi connectivity index (χ2n) is 8.82. The third-order valence-corrected chi connectivity index (χ3v) is 7.96. The van der Waals surface area contributed by atoms with E-state index in [2.05, 4.69) is 26.0 Å². The van der Waals surface area contributed by atoms with E-state index in [1.807, 2.05) is 6.08 Å². The molecule has 0 bridgehead atoms. The average molecular weight is 340 g/mol. The maximum absolute atomic E-state index is 12.3. The van der Waals surface area contributed by atoms with Crippen molar-refractivity contribution < 1.29 is 19.4 Å². The minimum atomic E-state index is -0.412. The van der Waals surface area contributed by atoms with Crippen LogP contribution in [0.5, 0.6) is 0 Å². The number of hydrogen-bond acceptors (Lipinski definition) is 4. The highest BCUT2D eigenvalue weighted by Crippen LogP contribution is 2.74. The summed E-state index contributed by atoms with van der Waals surface area (Å²) < 4.78 is 6.44. The number of aliphatic hydroxyl groups is 1. The Morgan fingerprint density at radius 2 is 2.16 bits per heavy atom. The minimum Gasteiger partial charge on any atom is -0.388 e. The fraction of sp³-hybridized carbons (Fsp3) is 0.619. The predicted molar refractivity (Wildman–Crippen MR) is 91.7 cm³/mol. The van der Waals surface area contributed by atoms with Crippen molar-refractivity contribution in [2.24, 2.45) is 22.7 Å². The number of fused-ring (bicyclic) bond motifs is 3. The number of carbonyl (C=O) groups excluding carboxylic acids is 2. The van der Waals surface area contributed by atoms with Gasteiger partial charge in [-0.1, -0.05) is 24.6 Å². The lowest BCUT2D eigenvalue weighted by molar-refractivity contribution is -0.120. The molecule has 6 atom stereocenters. The van der Waals surface area contributed by atoms with Crippen molar-refractivity contribution in [3.05, 3.63) is 35.5 Å². The first-order chi connectivity index (χ1) is 11.9. The molecule has 1 unspecified atom stereocenters. The molecule has 1 spiro atoms. The molecule has 25 heavy (non-hydrogen) atoms. The van der Waals surface area contributed by atoms with Gasteiger partial charge >= 0.3 is 0 Å². The molecule has 0 amide bonds. The summed E-state index contributed by atoms with van der Waals surface area (Å²) in [5, 5.41) is 9.36. The van der Waals surface area contributed by atoms with Gasteiger partial charge in [0.15, 0.2) is 11.6 Å². The smallest absolute Gasteiger partial charge is 0.184 e. The number of rotatable bonds is 2. The van der Waals surface area contributed by atoms with E-state index in [1.165, 1.54) is 5.57 Å². The quantitative estimate of drug-likeness (QED) is 0.785. The highest BCUT2D eigenvalue weighted by atomic mass is 16.6. The van der Waals surface area contributed by atoms with Crippen LogP contribution in [0.3, 0.4) is 0 Å². The SMILES string of the molecule is C[C@]12C=CC(=O)C=C1CC[C@H]1[C@@H]3CC=C(C(=O)CO)[C@@]3(C)CC3O[C@]312. The van der Waals surface area contributed by atoms with Crippen LogP contribution in [-0.2, 0) is 14.3 Å². The van der Waals surface area contributed by atoms with E-state index in [4.69, 9.17) is 4.74 Å². The van der Waals surface area contributed by atoms with Gasteiger partial charge in [0.25, 0.3) is 0 Å². The number of ketones is 2. The Balaban J connectivity index is 1.56. The Morgan fingerprint density at radius 3 is 2.92 bits per heavy atom. The van der Waals surface area contributed by atoms with Crippen LogP contribution in [0.1, 0.15) is 39.5 Å². The summed E-state index contributed by atoms with van der Waals surface area (Å²) in [5.74, 6) is 0.708. The molecular formula is C21H24O4. The molecule has 1 heterocycles. The van der Waals surface area contributed by atoms with Crippen LogP contribution >= 0.6 is 0 Å². The first-order valence-corrected chi connectivity index (χ1v) is 9.33. The molecule has 4 heteroatoms. The maximum atomic E-state index is 12.3. The zero-order valence-corrected chi connectivity index (χ0v) is 14.7. The van der Waals surface area contributed by atoms with E-state index in [9.17, 15) is 14.7 Å². The second-order valence-corrected chi connectivity index (χ2v) is 8.82. The van der Waals surface area contributed by atoms with Gasteiger partial charge in [-0.25, -0.2) is 0 Å². The molecule has 0 aromatic rings. The van der Waals surface area contributed by atoms with Gasteiger partial charge in [-0.15, -0.1) is 0 Å². The number of carbonyl (C=O) groups is 2. The summed E-state index contributed by atoms with van der Waals surface area (Å²) >= 11 is 0. The normalized spacial score (nSPS) is 49.4. The highest BCUT2D eigenvalue weighted by Gasteiger charge is 2.78. The van der Waals surface area contributed by atoms with Crippen LogP contribution in [0.25, 0.3) is 0 Å². The van der Waals surface area contributed by atoms with E-state index >= 15 is 0 Å². The van der Waals surface area contributed by atoms with Gasteiger partial charge in [-0.2, -0.15) is 0 Å². The lowest BCUT2D eigenvalue weighted by Gasteiger charge is -2.54. The molecule has 0 aromatic carbocycles. The molecule has 0 radical (unpaired) electrons. The first-order valence-electron chi connectivity index (χ1n) is 9.33. The number of ether oxygens (including phenoxy) is 1. The Labute approximate surface area is 147 Å². The molecule has 2 saturated carbocycles. The topological polar surface area (TPSA) is 66.9 Å². The molecular weight excluding hydrogens is 316 g/mol. The Hall–Kier alpha value is -1.52. The average Bonchev–Trinajstić information content (AvgIpc) is 3.20. The molecule has 1 N–H and O–H groups in total. The largest absolute Gasteiger partial charge is 0.388 e. The zero-order valence-electron chi connectivity index (χ0n) is 14.7. The second kappa shape index (κ2) is 4.60. The van der Waals surface area contributed by atoms with E-state index in [0.29, 0.717) is 11.8 Å². The van der Waals surface area contributed by atoms with Crippen LogP contribution in [0.2, 0.25) is 0 Å². The molecule has 4 nitrogen and oxygen atoms in total. The van der Waals surface area contributed by atoms with Crippen LogP contribution in [-0.4, -0.2) is 35.0 Å². The Morgan fingerprint density at radius 1 is 1.36 bits per heavy atom. The number of allylic oxidation sites excluding steroid dienone is 3. The van der Waals surface area contributed by atoms with Crippen LogP contribution in [0.4, 0.5) is 0 Å². The monoisotopic (exact) mass is 340 g/mol. The van der Waals surface area contributed by atoms with Crippen molar-refractivity contribution in [2.45, 2.75) is 51.2 Å². The van der Waals surface area contributed by atoms with Crippen LogP contribution in [0, 0.1) is 22.7 Å². The van der Waals surface area contributed by atoms with E-state index in [0.717, 1.165) is 31.3 Å². The van der Waals surface area contributed by atoms with Gasteiger partial charge < -0.3 is 9.84 Å². The van der Waals surface area contributed by atoms with Gasteiger partial charge in [0.05, 0.1) is 6.10 Å². The van der Waals surface area contributed by atoms with E-state index in [-0.39, 0.29) is 34.1 Å². The lowest BCUT2D eigenvalue weighted by atomic mass is 9.47. The number of aliphatic hydroxyl groups excluding tert-OH is 1. The molecule has 5 aliphatic rings. The summed E-state index contributed by atoms with van der Waals surface area (Å²) in [6.45, 7) is 3.99. The summed E-state index contributed by atoms with van der Waals surface area (Å²) in [7, 11) is 0. The van der Waals surface area contributed by atoms with Gasteiger partial charge in [0.2, 0.25) is 0 Å². The van der Waals surface area contributed by atoms with Gasteiger partial charge in [0.1, 0.15) is 12.2 Å². The van der Waals surface area contributed by atoms with Crippen molar-refractivity contribution >= 4 is 11.6 Å². The van der Waals surface area contributed by atoms with Crippen molar-refractivity contribution in [1.82, 2.24) is 0 Å². The first kappa shape index (κ1) is 15.7. The lowest BCUT2D eigenvalue weighted by Crippen LogP contribution is -2.56. The molecule has 5 rings (SSSR count). The maximum Gasteiger partial charge on any atom is 0.184 e. The summed E-state index contributed by atoms with van der Waals surface area (Å²) in [5.41, 5.74) is 1.40. The van der Waals surface area contributed by atoms with Crippen molar-refractivity contribution in [3.8, 4) is 0 Å². The van der Waals surface area contributed by atoms with Crippen LogP contribution < -0.4 is 0 Å².